The summed E-state index contributed by atoms with van der Waals surface area (Å²) >= 11 is 0. The Morgan fingerprint density at radius 3 is 2.81 bits per heavy atom. The van der Waals surface area contributed by atoms with Crippen molar-refractivity contribution in [2.45, 2.75) is 44.1 Å². The zero-order valence-electron chi connectivity index (χ0n) is 12.5. The first-order valence-electron chi connectivity index (χ1n) is 8.04. The van der Waals surface area contributed by atoms with Crippen LogP contribution in [0.3, 0.4) is 0 Å². The third kappa shape index (κ3) is 3.83. The van der Waals surface area contributed by atoms with Crippen molar-refractivity contribution in [2.75, 3.05) is 26.3 Å². The number of hydrogen-bond donors (Lipinski definition) is 1. The minimum atomic E-state index is -0.0204. The molecule has 21 heavy (non-hydrogen) atoms. The van der Waals surface area contributed by atoms with Gasteiger partial charge in [0.25, 0.3) is 0 Å². The standard InChI is InChI=1S/C17H25NO3/c19-13-16(14-6-2-1-3-7-14)18-10-9-15(12-18)21-17-8-4-5-11-20-17/h1-3,6-7,15-17,19H,4-5,8-13H2/t15-,16+,17?/m1/s1. The van der Waals surface area contributed by atoms with Gasteiger partial charge < -0.3 is 14.6 Å². The second-order valence-corrected chi connectivity index (χ2v) is 5.95. The molecule has 2 fully saturated rings. The van der Waals surface area contributed by atoms with E-state index in [2.05, 4.69) is 17.0 Å². The summed E-state index contributed by atoms with van der Waals surface area (Å²) < 4.78 is 11.7. The lowest BCUT2D eigenvalue weighted by molar-refractivity contribution is -0.185. The number of hydrogen-bond acceptors (Lipinski definition) is 4. The van der Waals surface area contributed by atoms with Crippen LogP contribution in [0.15, 0.2) is 30.3 Å². The number of nitrogens with zero attached hydrogens (tertiary/aromatic N) is 1. The molecular formula is C17H25NO3. The van der Waals surface area contributed by atoms with Crippen LogP contribution in [0.1, 0.15) is 37.3 Å². The second kappa shape index (κ2) is 7.36. The Morgan fingerprint density at radius 1 is 1.24 bits per heavy atom. The van der Waals surface area contributed by atoms with Gasteiger partial charge >= 0.3 is 0 Å². The second-order valence-electron chi connectivity index (χ2n) is 5.95. The maximum atomic E-state index is 9.74. The lowest BCUT2D eigenvalue weighted by Crippen LogP contribution is -2.33. The van der Waals surface area contributed by atoms with Gasteiger partial charge in [-0.1, -0.05) is 30.3 Å². The summed E-state index contributed by atoms with van der Waals surface area (Å²) in [5, 5.41) is 9.74. The van der Waals surface area contributed by atoms with Crippen molar-refractivity contribution >= 4 is 0 Å². The number of likely N-dealkylation sites (tertiary alicyclic amines) is 1. The van der Waals surface area contributed by atoms with Gasteiger partial charge in [-0.15, -0.1) is 0 Å². The van der Waals surface area contributed by atoms with Crippen molar-refractivity contribution in [3.8, 4) is 0 Å². The van der Waals surface area contributed by atoms with Crippen molar-refractivity contribution < 1.29 is 14.6 Å². The molecule has 0 radical (unpaired) electrons. The highest BCUT2D eigenvalue weighted by atomic mass is 16.7. The Morgan fingerprint density at radius 2 is 2.10 bits per heavy atom. The van der Waals surface area contributed by atoms with E-state index in [1.807, 2.05) is 18.2 Å². The number of aliphatic hydroxyl groups excluding tert-OH is 1. The number of ether oxygens (including phenoxy) is 2. The summed E-state index contributed by atoms with van der Waals surface area (Å²) in [4.78, 5) is 2.32. The Bertz CT molecular complexity index is 419. The zero-order valence-corrected chi connectivity index (χ0v) is 12.5. The Labute approximate surface area is 126 Å². The number of aliphatic hydroxyl groups is 1. The molecular weight excluding hydrogens is 266 g/mol. The first-order chi connectivity index (χ1) is 10.4. The Balaban J connectivity index is 1.55. The number of rotatable bonds is 5. The van der Waals surface area contributed by atoms with Gasteiger partial charge in [-0.3, -0.25) is 4.90 Å². The molecule has 0 amide bonds. The molecule has 1 unspecified atom stereocenters. The monoisotopic (exact) mass is 291 g/mol. The van der Waals surface area contributed by atoms with Gasteiger partial charge in [0.05, 0.1) is 18.8 Å². The van der Waals surface area contributed by atoms with Crippen molar-refractivity contribution in [1.82, 2.24) is 4.90 Å². The molecule has 0 saturated carbocycles. The van der Waals surface area contributed by atoms with E-state index in [0.717, 1.165) is 39.0 Å². The fourth-order valence-electron chi connectivity index (χ4n) is 3.29. The summed E-state index contributed by atoms with van der Waals surface area (Å²) in [6, 6.07) is 10.3. The summed E-state index contributed by atoms with van der Waals surface area (Å²) in [6.07, 6.45) is 4.59. The van der Waals surface area contributed by atoms with Crippen molar-refractivity contribution in [2.24, 2.45) is 0 Å². The third-order valence-corrected chi connectivity index (χ3v) is 4.46. The maximum Gasteiger partial charge on any atom is 0.158 e. The van der Waals surface area contributed by atoms with Crippen molar-refractivity contribution in [3.05, 3.63) is 35.9 Å². The van der Waals surface area contributed by atoms with Crippen LogP contribution in [0.4, 0.5) is 0 Å². The number of benzene rings is 1. The van der Waals surface area contributed by atoms with Crippen LogP contribution in [-0.4, -0.2) is 48.7 Å². The zero-order chi connectivity index (χ0) is 14.5. The SMILES string of the molecule is OC[C@@H](c1ccccc1)N1CC[C@@H](OC2CCCCO2)C1. The maximum absolute atomic E-state index is 9.74. The van der Waals surface area contributed by atoms with Crippen LogP contribution in [0.25, 0.3) is 0 Å². The highest BCUT2D eigenvalue weighted by molar-refractivity contribution is 5.19. The Hall–Kier alpha value is -0.940. The topological polar surface area (TPSA) is 41.9 Å². The first kappa shape index (κ1) is 15.0. The first-order valence-corrected chi connectivity index (χ1v) is 8.04. The molecule has 2 aliphatic rings. The summed E-state index contributed by atoms with van der Waals surface area (Å²) in [7, 11) is 0. The molecule has 0 bridgehead atoms. The highest BCUT2D eigenvalue weighted by Gasteiger charge is 2.31. The summed E-state index contributed by atoms with van der Waals surface area (Å²) in [5.74, 6) is 0. The smallest absolute Gasteiger partial charge is 0.158 e. The van der Waals surface area contributed by atoms with Crippen LogP contribution in [0.5, 0.6) is 0 Å². The van der Waals surface area contributed by atoms with Crippen LogP contribution >= 0.6 is 0 Å². The van der Waals surface area contributed by atoms with Gasteiger partial charge in [0.2, 0.25) is 0 Å². The molecule has 2 saturated heterocycles. The van der Waals surface area contributed by atoms with E-state index in [-0.39, 0.29) is 25.0 Å². The minimum Gasteiger partial charge on any atom is -0.394 e. The molecule has 3 rings (SSSR count). The van der Waals surface area contributed by atoms with Crippen LogP contribution in [0.2, 0.25) is 0 Å². The average Bonchev–Trinajstić information content (AvgIpc) is 2.98. The predicted octanol–water partition coefficient (Wildman–Crippen LogP) is 2.34. The van der Waals surface area contributed by atoms with E-state index in [4.69, 9.17) is 9.47 Å². The molecule has 4 heteroatoms. The van der Waals surface area contributed by atoms with Gasteiger partial charge in [-0.05, 0) is 31.2 Å². The van der Waals surface area contributed by atoms with Crippen LogP contribution in [-0.2, 0) is 9.47 Å². The molecule has 2 heterocycles. The fourth-order valence-corrected chi connectivity index (χ4v) is 3.29. The normalized spacial score (nSPS) is 28.6. The van der Waals surface area contributed by atoms with E-state index in [9.17, 15) is 5.11 Å². The Kier molecular flexibility index (Phi) is 5.25. The van der Waals surface area contributed by atoms with Gasteiger partial charge in [0.15, 0.2) is 6.29 Å². The van der Waals surface area contributed by atoms with E-state index in [1.54, 1.807) is 0 Å². The fraction of sp³-hybridized carbons (Fsp3) is 0.647. The van der Waals surface area contributed by atoms with Gasteiger partial charge in [-0.25, -0.2) is 0 Å². The van der Waals surface area contributed by atoms with Crippen LogP contribution in [0, 0.1) is 0 Å². The minimum absolute atomic E-state index is 0.0204. The quantitative estimate of drug-likeness (QED) is 0.904. The van der Waals surface area contributed by atoms with Crippen molar-refractivity contribution in [1.29, 1.82) is 0 Å². The predicted molar refractivity (Wildman–Crippen MR) is 80.9 cm³/mol. The molecule has 1 N–H and O–H groups in total. The summed E-state index contributed by atoms with van der Waals surface area (Å²) in [5.41, 5.74) is 1.18. The van der Waals surface area contributed by atoms with Gasteiger partial charge in [0, 0.05) is 19.7 Å². The molecule has 1 aromatic carbocycles. The third-order valence-electron chi connectivity index (χ3n) is 4.46. The van der Waals surface area contributed by atoms with E-state index >= 15 is 0 Å². The van der Waals surface area contributed by atoms with E-state index in [1.165, 1.54) is 12.0 Å². The lowest BCUT2D eigenvalue weighted by atomic mass is 10.1. The molecule has 116 valence electrons. The van der Waals surface area contributed by atoms with Gasteiger partial charge in [-0.2, -0.15) is 0 Å². The highest BCUT2D eigenvalue weighted by Crippen LogP contribution is 2.27. The molecule has 0 aromatic heterocycles. The largest absolute Gasteiger partial charge is 0.394 e. The molecule has 0 aliphatic carbocycles. The molecule has 2 aliphatic heterocycles. The van der Waals surface area contributed by atoms with Crippen molar-refractivity contribution in [3.63, 3.8) is 0 Å². The van der Waals surface area contributed by atoms with E-state index < -0.39 is 0 Å². The van der Waals surface area contributed by atoms with Gasteiger partial charge in [0.1, 0.15) is 0 Å². The summed E-state index contributed by atoms with van der Waals surface area (Å²) in [6.45, 7) is 2.82. The molecule has 3 atom stereocenters. The molecule has 0 spiro atoms. The molecule has 4 nitrogen and oxygen atoms in total. The average molecular weight is 291 g/mol. The lowest BCUT2D eigenvalue weighted by Gasteiger charge is -2.28. The van der Waals surface area contributed by atoms with E-state index in [0.29, 0.717) is 0 Å². The van der Waals surface area contributed by atoms with Crippen LogP contribution < -0.4 is 0 Å². The molecule has 1 aromatic rings.